The minimum Gasteiger partial charge on any atom is -0.370 e. The average molecular weight is 272 g/mol. The van der Waals surface area contributed by atoms with Crippen LogP contribution in [0.25, 0.3) is 0 Å². The van der Waals surface area contributed by atoms with E-state index in [9.17, 15) is 0 Å². The molecule has 0 amide bonds. The van der Waals surface area contributed by atoms with Crippen molar-refractivity contribution < 1.29 is 0 Å². The van der Waals surface area contributed by atoms with E-state index in [2.05, 4.69) is 52.0 Å². The molecule has 0 aliphatic carbocycles. The van der Waals surface area contributed by atoms with Crippen LogP contribution in [0.1, 0.15) is 25.3 Å². The van der Waals surface area contributed by atoms with Crippen molar-refractivity contribution in [2.75, 3.05) is 26.2 Å². The molecule has 1 aromatic carbocycles. The predicted octanol–water partition coefficient (Wildman–Crippen LogP) is 1.67. The lowest BCUT2D eigenvalue weighted by atomic mass is 9.97. The van der Waals surface area contributed by atoms with Gasteiger partial charge in [-0.2, -0.15) is 0 Å². The topological polar surface area (TPSA) is 44.9 Å². The van der Waals surface area contributed by atoms with E-state index in [4.69, 9.17) is 5.73 Å². The fourth-order valence-electron chi connectivity index (χ4n) is 3.48. The van der Waals surface area contributed by atoms with Gasteiger partial charge >= 0.3 is 0 Å². The molecule has 20 heavy (non-hydrogen) atoms. The third-order valence-electron chi connectivity index (χ3n) is 4.49. The summed E-state index contributed by atoms with van der Waals surface area (Å²) in [7, 11) is 0. The highest BCUT2D eigenvalue weighted by Gasteiger charge is 2.46. The highest BCUT2D eigenvalue weighted by molar-refractivity contribution is 5.81. The monoisotopic (exact) mass is 272 g/mol. The molecule has 1 aromatic rings. The van der Waals surface area contributed by atoms with Gasteiger partial charge in [0.1, 0.15) is 0 Å². The fourth-order valence-corrected chi connectivity index (χ4v) is 3.48. The number of benzene rings is 1. The molecule has 0 aromatic heterocycles. The molecule has 2 aliphatic heterocycles. The molecule has 2 aliphatic rings. The molecule has 4 heteroatoms. The summed E-state index contributed by atoms with van der Waals surface area (Å²) in [6.07, 6.45) is 2.29. The van der Waals surface area contributed by atoms with Crippen LogP contribution in [-0.4, -0.2) is 47.5 Å². The first-order valence-electron chi connectivity index (χ1n) is 7.57. The second kappa shape index (κ2) is 5.44. The van der Waals surface area contributed by atoms with Crippen molar-refractivity contribution in [3.8, 4) is 0 Å². The van der Waals surface area contributed by atoms with E-state index in [-0.39, 0.29) is 5.54 Å². The van der Waals surface area contributed by atoms with Crippen LogP contribution in [0, 0.1) is 0 Å². The molecule has 1 unspecified atom stereocenters. The third kappa shape index (κ3) is 2.40. The van der Waals surface area contributed by atoms with Crippen LogP contribution in [0.2, 0.25) is 0 Å². The summed E-state index contributed by atoms with van der Waals surface area (Å²) < 4.78 is 0. The standard InChI is InChI=1S/C16H24N4/c1-2-9-20-15(17)18-12-16(20)8-10-19(13-16)11-14-6-4-3-5-7-14/h3-7H,2,8-13H2,1H3,(H2,17,18). The zero-order valence-corrected chi connectivity index (χ0v) is 12.3. The maximum absolute atomic E-state index is 6.07. The van der Waals surface area contributed by atoms with Crippen LogP contribution in [0.3, 0.4) is 0 Å². The van der Waals surface area contributed by atoms with Crippen molar-refractivity contribution in [1.82, 2.24) is 9.80 Å². The van der Waals surface area contributed by atoms with Gasteiger partial charge in [-0.25, -0.2) is 0 Å². The Bertz CT molecular complexity index is 485. The first-order valence-corrected chi connectivity index (χ1v) is 7.57. The number of nitrogens with zero attached hydrogens (tertiary/aromatic N) is 3. The fraction of sp³-hybridized carbons (Fsp3) is 0.562. The normalized spacial score (nSPS) is 26.4. The molecule has 1 spiro atoms. The van der Waals surface area contributed by atoms with Gasteiger partial charge in [0.25, 0.3) is 0 Å². The third-order valence-corrected chi connectivity index (χ3v) is 4.49. The number of hydrogen-bond acceptors (Lipinski definition) is 4. The Morgan fingerprint density at radius 2 is 2.10 bits per heavy atom. The van der Waals surface area contributed by atoms with Crippen LogP contribution < -0.4 is 5.73 Å². The SMILES string of the molecule is CCCN1C(N)=NCC12CCN(Cc1ccccc1)C2. The molecule has 1 atom stereocenters. The van der Waals surface area contributed by atoms with E-state index in [0.717, 1.165) is 45.1 Å². The van der Waals surface area contributed by atoms with E-state index < -0.39 is 0 Å². The first kappa shape index (κ1) is 13.4. The Morgan fingerprint density at radius 1 is 1.30 bits per heavy atom. The second-order valence-corrected chi connectivity index (χ2v) is 6.00. The molecule has 1 saturated heterocycles. The van der Waals surface area contributed by atoms with Gasteiger partial charge in [0.15, 0.2) is 5.96 Å². The van der Waals surface area contributed by atoms with Crippen molar-refractivity contribution in [3.63, 3.8) is 0 Å². The zero-order valence-electron chi connectivity index (χ0n) is 12.3. The number of aliphatic imine (C=N–C) groups is 1. The van der Waals surface area contributed by atoms with Crippen LogP contribution in [0.4, 0.5) is 0 Å². The molecule has 1 fully saturated rings. The average Bonchev–Trinajstić information content (AvgIpc) is 3.00. The van der Waals surface area contributed by atoms with E-state index in [1.807, 2.05) is 0 Å². The van der Waals surface area contributed by atoms with Crippen LogP contribution in [-0.2, 0) is 6.54 Å². The minimum atomic E-state index is 0.162. The molecule has 3 rings (SSSR count). The molecular formula is C16H24N4. The van der Waals surface area contributed by atoms with Crippen molar-refractivity contribution in [2.45, 2.75) is 31.8 Å². The summed E-state index contributed by atoms with van der Waals surface area (Å²) in [6, 6.07) is 10.7. The van der Waals surface area contributed by atoms with Crippen molar-refractivity contribution in [1.29, 1.82) is 0 Å². The van der Waals surface area contributed by atoms with Gasteiger partial charge in [-0.05, 0) is 18.4 Å². The Balaban J connectivity index is 1.67. The number of nitrogens with two attached hydrogens (primary N) is 1. The molecular weight excluding hydrogens is 248 g/mol. The Labute approximate surface area is 121 Å². The zero-order chi connectivity index (χ0) is 14.0. The van der Waals surface area contributed by atoms with Crippen molar-refractivity contribution >= 4 is 5.96 Å². The Kier molecular flexibility index (Phi) is 3.66. The molecule has 0 bridgehead atoms. The van der Waals surface area contributed by atoms with Crippen molar-refractivity contribution in [3.05, 3.63) is 35.9 Å². The summed E-state index contributed by atoms with van der Waals surface area (Å²) in [5, 5.41) is 0. The first-order chi connectivity index (χ1) is 9.73. The molecule has 2 N–H and O–H groups in total. The summed E-state index contributed by atoms with van der Waals surface area (Å²) in [5.74, 6) is 0.744. The number of likely N-dealkylation sites (tertiary alicyclic amines) is 1. The lowest BCUT2D eigenvalue weighted by molar-refractivity contribution is 0.193. The summed E-state index contributed by atoms with van der Waals surface area (Å²) in [4.78, 5) is 9.39. The van der Waals surface area contributed by atoms with Crippen LogP contribution in [0.15, 0.2) is 35.3 Å². The molecule has 0 radical (unpaired) electrons. The highest BCUT2D eigenvalue weighted by Crippen LogP contribution is 2.32. The lowest BCUT2D eigenvalue weighted by Gasteiger charge is -2.36. The summed E-state index contributed by atoms with van der Waals surface area (Å²) in [5.41, 5.74) is 7.62. The quantitative estimate of drug-likeness (QED) is 0.907. The maximum atomic E-state index is 6.07. The smallest absolute Gasteiger partial charge is 0.191 e. The van der Waals surface area contributed by atoms with Crippen LogP contribution >= 0.6 is 0 Å². The Morgan fingerprint density at radius 3 is 2.85 bits per heavy atom. The highest BCUT2D eigenvalue weighted by atomic mass is 15.4. The van der Waals surface area contributed by atoms with Gasteiger partial charge < -0.3 is 10.6 Å². The van der Waals surface area contributed by atoms with Gasteiger partial charge in [0.05, 0.1) is 12.1 Å². The summed E-state index contributed by atoms with van der Waals surface area (Å²) in [6.45, 7) is 7.33. The van der Waals surface area contributed by atoms with Gasteiger partial charge in [-0.15, -0.1) is 0 Å². The lowest BCUT2D eigenvalue weighted by Crippen LogP contribution is -2.53. The summed E-state index contributed by atoms with van der Waals surface area (Å²) >= 11 is 0. The van der Waals surface area contributed by atoms with Gasteiger partial charge in [0.2, 0.25) is 0 Å². The maximum Gasteiger partial charge on any atom is 0.191 e. The van der Waals surface area contributed by atoms with Gasteiger partial charge in [-0.1, -0.05) is 37.3 Å². The molecule has 4 nitrogen and oxygen atoms in total. The number of guanidine groups is 1. The van der Waals surface area contributed by atoms with Crippen LogP contribution in [0.5, 0.6) is 0 Å². The van der Waals surface area contributed by atoms with E-state index in [1.165, 1.54) is 12.0 Å². The Hall–Kier alpha value is -1.55. The molecule has 108 valence electrons. The van der Waals surface area contributed by atoms with E-state index >= 15 is 0 Å². The van der Waals surface area contributed by atoms with E-state index in [0.29, 0.717) is 0 Å². The largest absolute Gasteiger partial charge is 0.370 e. The van der Waals surface area contributed by atoms with E-state index in [1.54, 1.807) is 0 Å². The molecule has 0 saturated carbocycles. The second-order valence-electron chi connectivity index (χ2n) is 6.00. The van der Waals surface area contributed by atoms with Crippen molar-refractivity contribution in [2.24, 2.45) is 10.7 Å². The number of rotatable bonds is 4. The number of hydrogen-bond donors (Lipinski definition) is 1. The predicted molar refractivity (Wildman–Crippen MR) is 82.6 cm³/mol. The molecule has 2 heterocycles. The minimum absolute atomic E-state index is 0.162. The van der Waals surface area contributed by atoms with Gasteiger partial charge in [-0.3, -0.25) is 9.89 Å². The van der Waals surface area contributed by atoms with Gasteiger partial charge in [0, 0.05) is 26.2 Å².